The summed E-state index contributed by atoms with van der Waals surface area (Å²) in [6, 6.07) is 6.25. The maximum Gasteiger partial charge on any atom is 0.244 e. The monoisotopic (exact) mass is 414 g/mol. The molecular formula is C23H34N4O3. The molecule has 0 spiro atoms. The molecule has 7 heteroatoms. The van der Waals surface area contributed by atoms with E-state index >= 15 is 0 Å². The Balaban J connectivity index is 1.53. The molecule has 3 heterocycles. The number of aryl methyl sites for hydroxylation is 1. The number of nitrogens with one attached hydrogen (secondary N) is 3. The first-order valence-electron chi connectivity index (χ1n) is 11.1. The van der Waals surface area contributed by atoms with Crippen molar-refractivity contribution < 1.29 is 14.3 Å². The highest BCUT2D eigenvalue weighted by molar-refractivity contribution is 5.96. The number of hydrogen-bond acceptors (Lipinski definition) is 5. The third kappa shape index (κ3) is 3.98. The van der Waals surface area contributed by atoms with Crippen molar-refractivity contribution in [2.45, 2.75) is 76.9 Å². The summed E-state index contributed by atoms with van der Waals surface area (Å²) in [4.78, 5) is 28.0. The Kier molecular flexibility index (Phi) is 5.88. The van der Waals surface area contributed by atoms with Gasteiger partial charge in [0.25, 0.3) is 0 Å². The number of ether oxygens (including phenoxy) is 1. The number of hydrogen-bond donors (Lipinski definition) is 3. The van der Waals surface area contributed by atoms with Crippen molar-refractivity contribution in [1.82, 2.24) is 15.5 Å². The van der Waals surface area contributed by atoms with Crippen LogP contribution in [-0.4, -0.2) is 60.8 Å². The Morgan fingerprint density at radius 1 is 1.23 bits per heavy atom. The third-order valence-corrected chi connectivity index (χ3v) is 7.06. The first-order valence-corrected chi connectivity index (χ1v) is 11.1. The third-order valence-electron chi connectivity index (χ3n) is 7.06. The second-order valence-corrected chi connectivity index (χ2v) is 9.30. The van der Waals surface area contributed by atoms with E-state index in [1.54, 1.807) is 0 Å². The molecule has 1 aromatic rings. The molecule has 0 bridgehead atoms. The molecule has 30 heavy (non-hydrogen) atoms. The summed E-state index contributed by atoms with van der Waals surface area (Å²) in [5, 5.41) is 9.74. The fourth-order valence-electron chi connectivity index (χ4n) is 5.34. The Labute approximate surface area is 178 Å². The quantitative estimate of drug-likeness (QED) is 0.704. The lowest BCUT2D eigenvalue weighted by molar-refractivity contribution is -0.140. The van der Waals surface area contributed by atoms with Gasteiger partial charge in [0.2, 0.25) is 11.8 Å². The van der Waals surface area contributed by atoms with E-state index in [0.717, 1.165) is 36.2 Å². The molecule has 3 N–H and O–H groups in total. The number of carbonyl (C=O) groups excluding carboxylic acids is 2. The summed E-state index contributed by atoms with van der Waals surface area (Å²) in [5.74, 6) is 0.355. The van der Waals surface area contributed by atoms with Crippen molar-refractivity contribution in [3.05, 3.63) is 29.3 Å². The molecule has 7 unspecified atom stereocenters. The summed E-state index contributed by atoms with van der Waals surface area (Å²) in [6.45, 7) is 8.96. The van der Waals surface area contributed by atoms with Gasteiger partial charge in [0.05, 0.1) is 12.0 Å². The molecule has 3 fully saturated rings. The van der Waals surface area contributed by atoms with Gasteiger partial charge in [0.1, 0.15) is 12.3 Å². The van der Waals surface area contributed by atoms with Crippen LogP contribution >= 0.6 is 0 Å². The SMILES string of the molecule is Cc1ccc(NC(=O)C2NC(C)OC2C)cc1C1CC2CNC(C)CC2N(C)C1=O. The van der Waals surface area contributed by atoms with Crippen molar-refractivity contribution in [3.63, 3.8) is 0 Å². The Bertz CT molecular complexity index is 829. The lowest BCUT2D eigenvalue weighted by Gasteiger charge is -2.47. The average Bonchev–Trinajstić information content (AvgIpc) is 3.05. The molecule has 164 valence electrons. The topological polar surface area (TPSA) is 82.7 Å². The number of benzene rings is 1. The normalized spacial score (nSPS) is 36.5. The Hall–Kier alpha value is -1.96. The highest BCUT2D eigenvalue weighted by atomic mass is 16.5. The number of amides is 2. The van der Waals surface area contributed by atoms with Gasteiger partial charge in [-0.05, 0) is 69.7 Å². The van der Waals surface area contributed by atoms with E-state index in [2.05, 4.69) is 22.9 Å². The van der Waals surface area contributed by atoms with Gasteiger partial charge in [-0.25, -0.2) is 0 Å². The van der Waals surface area contributed by atoms with Crippen LogP contribution in [0, 0.1) is 12.8 Å². The second-order valence-electron chi connectivity index (χ2n) is 9.30. The molecule has 3 aliphatic heterocycles. The molecule has 0 radical (unpaired) electrons. The van der Waals surface area contributed by atoms with Crippen molar-refractivity contribution in [1.29, 1.82) is 0 Å². The largest absolute Gasteiger partial charge is 0.359 e. The molecular weight excluding hydrogens is 380 g/mol. The zero-order valence-electron chi connectivity index (χ0n) is 18.6. The number of fused-ring (bicyclic) bond motifs is 1. The first kappa shape index (κ1) is 21.3. The number of anilines is 1. The van der Waals surface area contributed by atoms with Gasteiger partial charge in [0, 0.05) is 31.4 Å². The van der Waals surface area contributed by atoms with Gasteiger partial charge in [-0.15, -0.1) is 0 Å². The number of nitrogens with zero attached hydrogens (tertiary/aromatic N) is 1. The van der Waals surface area contributed by atoms with Crippen molar-refractivity contribution in [2.24, 2.45) is 5.92 Å². The summed E-state index contributed by atoms with van der Waals surface area (Å²) in [7, 11) is 1.94. The number of carbonyl (C=O) groups is 2. The zero-order valence-corrected chi connectivity index (χ0v) is 18.6. The van der Waals surface area contributed by atoms with Crippen molar-refractivity contribution in [3.8, 4) is 0 Å². The van der Waals surface area contributed by atoms with Crippen LogP contribution in [-0.2, 0) is 14.3 Å². The molecule has 4 rings (SSSR count). The molecule has 3 aliphatic rings. The van der Waals surface area contributed by atoms with Crippen LogP contribution in [0.4, 0.5) is 5.69 Å². The predicted octanol–water partition coefficient (Wildman–Crippen LogP) is 1.97. The van der Waals surface area contributed by atoms with Gasteiger partial charge in [-0.2, -0.15) is 0 Å². The van der Waals surface area contributed by atoms with Gasteiger partial charge in [0.15, 0.2) is 0 Å². The highest BCUT2D eigenvalue weighted by Crippen LogP contribution is 2.39. The van der Waals surface area contributed by atoms with Crippen LogP contribution in [0.3, 0.4) is 0 Å². The molecule has 3 saturated heterocycles. The predicted molar refractivity (Wildman–Crippen MR) is 116 cm³/mol. The van der Waals surface area contributed by atoms with Gasteiger partial charge in [-0.1, -0.05) is 6.07 Å². The van der Waals surface area contributed by atoms with E-state index in [-0.39, 0.29) is 36.1 Å². The molecule has 0 aliphatic carbocycles. The molecule has 7 nitrogen and oxygen atoms in total. The summed E-state index contributed by atoms with van der Waals surface area (Å²) in [6.07, 6.45) is 1.52. The van der Waals surface area contributed by atoms with E-state index < -0.39 is 0 Å². The summed E-state index contributed by atoms with van der Waals surface area (Å²) < 4.78 is 5.63. The standard InChI is InChI=1S/C23H34N4O3/c1-12-6-7-17(26-22(28)21-14(3)30-15(4)25-21)10-18(12)19-9-16-11-24-13(2)8-20(16)27(5)23(19)29/h6-7,10,13-16,19-21,24-25H,8-9,11H2,1-5H3,(H,26,28). The lowest BCUT2D eigenvalue weighted by atomic mass is 9.75. The van der Waals surface area contributed by atoms with Gasteiger partial charge < -0.3 is 20.3 Å². The van der Waals surface area contributed by atoms with Crippen LogP contribution in [0.15, 0.2) is 18.2 Å². The second kappa shape index (κ2) is 8.29. The number of piperidine rings is 2. The minimum absolute atomic E-state index is 0.112. The Morgan fingerprint density at radius 3 is 2.70 bits per heavy atom. The van der Waals surface area contributed by atoms with Crippen LogP contribution in [0.5, 0.6) is 0 Å². The van der Waals surface area contributed by atoms with Crippen molar-refractivity contribution in [2.75, 3.05) is 18.9 Å². The lowest BCUT2D eigenvalue weighted by Crippen LogP contribution is -2.57. The molecule has 0 aromatic heterocycles. The van der Waals surface area contributed by atoms with E-state index in [1.807, 2.05) is 50.9 Å². The maximum atomic E-state index is 13.3. The number of likely N-dealkylation sites (tertiary alicyclic amines) is 1. The summed E-state index contributed by atoms with van der Waals surface area (Å²) >= 11 is 0. The Morgan fingerprint density at radius 2 is 2.00 bits per heavy atom. The molecule has 1 aromatic carbocycles. The van der Waals surface area contributed by atoms with Crippen LogP contribution in [0.25, 0.3) is 0 Å². The van der Waals surface area contributed by atoms with E-state index in [4.69, 9.17) is 4.74 Å². The fraction of sp³-hybridized carbons (Fsp3) is 0.652. The van der Waals surface area contributed by atoms with Crippen molar-refractivity contribution >= 4 is 17.5 Å². The van der Waals surface area contributed by atoms with E-state index in [1.165, 1.54) is 0 Å². The van der Waals surface area contributed by atoms with Gasteiger partial charge >= 0.3 is 0 Å². The maximum absolute atomic E-state index is 13.3. The van der Waals surface area contributed by atoms with Crippen LogP contribution in [0.2, 0.25) is 0 Å². The average molecular weight is 415 g/mol. The summed E-state index contributed by atoms with van der Waals surface area (Å²) in [5.41, 5.74) is 2.82. The minimum atomic E-state index is -0.386. The first-order chi connectivity index (χ1) is 14.2. The zero-order chi connectivity index (χ0) is 21.6. The van der Waals surface area contributed by atoms with Crippen LogP contribution in [0.1, 0.15) is 50.7 Å². The fourth-order valence-corrected chi connectivity index (χ4v) is 5.34. The molecule has 0 saturated carbocycles. The van der Waals surface area contributed by atoms with E-state index in [9.17, 15) is 9.59 Å². The van der Waals surface area contributed by atoms with Crippen LogP contribution < -0.4 is 16.0 Å². The molecule has 2 amide bonds. The van der Waals surface area contributed by atoms with Gasteiger partial charge in [-0.3, -0.25) is 14.9 Å². The molecule has 7 atom stereocenters. The minimum Gasteiger partial charge on any atom is -0.359 e. The number of likely N-dealkylation sites (N-methyl/N-ethyl adjacent to an activating group) is 1. The highest BCUT2D eigenvalue weighted by Gasteiger charge is 2.43. The smallest absolute Gasteiger partial charge is 0.244 e. The van der Waals surface area contributed by atoms with E-state index in [0.29, 0.717) is 18.0 Å². The number of rotatable bonds is 3.